The van der Waals surface area contributed by atoms with Crippen LogP contribution in [0.1, 0.15) is 58.3 Å². The normalized spacial score (nSPS) is 21.9. The van der Waals surface area contributed by atoms with Gasteiger partial charge in [-0.25, -0.2) is 0 Å². The number of esters is 1. The molecule has 1 saturated carbocycles. The van der Waals surface area contributed by atoms with Crippen LogP contribution in [0.5, 0.6) is 0 Å². The molecule has 1 saturated heterocycles. The van der Waals surface area contributed by atoms with Crippen molar-refractivity contribution >= 4 is 11.9 Å². The predicted octanol–water partition coefficient (Wildman–Crippen LogP) is 2.78. The number of ether oxygens (including phenoxy) is 2. The molecule has 0 aromatic heterocycles. The third-order valence-corrected chi connectivity index (χ3v) is 5.39. The Morgan fingerprint density at radius 3 is 2.35 bits per heavy atom. The SMILES string of the molecule is CCOC(=O)C1(COC)CCN(C(=O)CC2CCCCC2)CC1. The van der Waals surface area contributed by atoms with Crippen molar-refractivity contribution in [1.82, 2.24) is 4.90 Å². The molecule has 1 amide bonds. The Hall–Kier alpha value is -1.10. The number of methoxy groups -OCH3 is 1. The van der Waals surface area contributed by atoms with E-state index in [1.54, 1.807) is 7.11 Å². The number of hydrogen-bond acceptors (Lipinski definition) is 4. The second-order valence-electron chi connectivity index (χ2n) is 7.02. The summed E-state index contributed by atoms with van der Waals surface area (Å²) in [6, 6.07) is 0. The highest BCUT2D eigenvalue weighted by Crippen LogP contribution is 2.34. The Bertz CT molecular complexity index is 396. The van der Waals surface area contributed by atoms with Crippen molar-refractivity contribution in [2.45, 2.75) is 58.3 Å². The molecule has 1 aliphatic carbocycles. The molecule has 0 radical (unpaired) electrons. The van der Waals surface area contributed by atoms with Gasteiger partial charge in [-0.3, -0.25) is 9.59 Å². The van der Waals surface area contributed by atoms with Crippen molar-refractivity contribution in [3.8, 4) is 0 Å². The summed E-state index contributed by atoms with van der Waals surface area (Å²) in [6.07, 6.45) is 8.16. The summed E-state index contributed by atoms with van der Waals surface area (Å²) in [5.74, 6) is 0.639. The quantitative estimate of drug-likeness (QED) is 0.705. The van der Waals surface area contributed by atoms with Gasteiger partial charge in [-0.2, -0.15) is 0 Å². The maximum absolute atomic E-state index is 12.5. The Morgan fingerprint density at radius 2 is 1.78 bits per heavy atom. The Labute approximate surface area is 139 Å². The summed E-state index contributed by atoms with van der Waals surface area (Å²) in [4.78, 5) is 26.7. The van der Waals surface area contributed by atoms with Gasteiger partial charge >= 0.3 is 5.97 Å². The summed E-state index contributed by atoms with van der Waals surface area (Å²) < 4.78 is 10.5. The molecule has 5 nitrogen and oxygen atoms in total. The Kier molecular flexibility index (Phi) is 6.88. The van der Waals surface area contributed by atoms with Gasteiger partial charge in [0.15, 0.2) is 0 Å². The van der Waals surface area contributed by atoms with Gasteiger partial charge in [0, 0.05) is 26.6 Å². The van der Waals surface area contributed by atoms with Crippen LogP contribution in [0, 0.1) is 11.3 Å². The molecule has 5 heteroatoms. The lowest BCUT2D eigenvalue weighted by Gasteiger charge is -2.39. The van der Waals surface area contributed by atoms with Crippen LogP contribution in [0.4, 0.5) is 0 Å². The first kappa shape index (κ1) is 18.2. The number of carbonyl (C=O) groups excluding carboxylic acids is 2. The first-order chi connectivity index (χ1) is 11.1. The summed E-state index contributed by atoms with van der Waals surface area (Å²) in [5, 5.41) is 0. The van der Waals surface area contributed by atoms with E-state index < -0.39 is 5.41 Å². The minimum Gasteiger partial charge on any atom is -0.465 e. The molecule has 0 atom stereocenters. The molecule has 2 rings (SSSR count). The van der Waals surface area contributed by atoms with E-state index in [9.17, 15) is 9.59 Å². The van der Waals surface area contributed by atoms with E-state index in [1.807, 2.05) is 11.8 Å². The number of rotatable bonds is 6. The van der Waals surface area contributed by atoms with Crippen LogP contribution < -0.4 is 0 Å². The molecule has 2 fully saturated rings. The van der Waals surface area contributed by atoms with E-state index in [2.05, 4.69) is 0 Å². The molecule has 23 heavy (non-hydrogen) atoms. The predicted molar refractivity (Wildman–Crippen MR) is 87.9 cm³/mol. The average Bonchev–Trinajstić information content (AvgIpc) is 2.57. The molecule has 1 heterocycles. The summed E-state index contributed by atoms with van der Waals surface area (Å²) in [5.41, 5.74) is -0.577. The third-order valence-electron chi connectivity index (χ3n) is 5.39. The highest BCUT2D eigenvalue weighted by Gasteiger charge is 2.43. The van der Waals surface area contributed by atoms with Crippen molar-refractivity contribution in [2.24, 2.45) is 11.3 Å². The van der Waals surface area contributed by atoms with Gasteiger partial charge in [0.05, 0.1) is 18.6 Å². The minimum atomic E-state index is -0.577. The van der Waals surface area contributed by atoms with Gasteiger partial charge in [-0.05, 0) is 38.5 Å². The van der Waals surface area contributed by atoms with Crippen LogP contribution in [-0.2, 0) is 19.1 Å². The zero-order valence-electron chi connectivity index (χ0n) is 14.6. The van der Waals surface area contributed by atoms with Crippen LogP contribution in [0.15, 0.2) is 0 Å². The maximum atomic E-state index is 12.5. The topological polar surface area (TPSA) is 55.8 Å². The van der Waals surface area contributed by atoms with Crippen LogP contribution in [0.3, 0.4) is 0 Å². The van der Waals surface area contributed by atoms with E-state index in [4.69, 9.17) is 9.47 Å². The van der Waals surface area contributed by atoms with Gasteiger partial charge in [0.2, 0.25) is 5.91 Å². The van der Waals surface area contributed by atoms with E-state index >= 15 is 0 Å². The first-order valence-electron chi connectivity index (χ1n) is 9.05. The maximum Gasteiger partial charge on any atom is 0.314 e. The molecular weight excluding hydrogens is 294 g/mol. The van der Waals surface area contributed by atoms with Crippen molar-refractivity contribution in [1.29, 1.82) is 0 Å². The van der Waals surface area contributed by atoms with Gasteiger partial charge in [-0.1, -0.05) is 19.3 Å². The van der Waals surface area contributed by atoms with Crippen molar-refractivity contribution in [2.75, 3.05) is 33.4 Å². The molecule has 0 bridgehead atoms. The summed E-state index contributed by atoms with van der Waals surface area (Å²) in [7, 11) is 1.61. The van der Waals surface area contributed by atoms with Gasteiger partial charge in [0.25, 0.3) is 0 Å². The number of piperidine rings is 1. The van der Waals surface area contributed by atoms with Crippen LogP contribution in [0.2, 0.25) is 0 Å². The summed E-state index contributed by atoms with van der Waals surface area (Å²) in [6.45, 7) is 3.84. The van der Waals surface area contributed by atoms with Gasteiger partial charge in [-0.15, -0.1) is 0 Å². The third kappa shape index (κ3) is 4.69. The second-order valence-corrected chi connectivity index (χ2v) is 7.02. The fourth-order valence-corrected chi connectivity index (χ4v) is 3.92. The Balaban J connectivity index is 1.87. The van der Waals surface area contributed by atoms with Gasteiger partial charge < -0.3 is 14.4 Å². The molecule has 1 aliphatic heterocycles. The zero-order chi connectivity index (χ0) is 16.7. The van der Waals surface area contributed by atoms with Crippen molar-refractivity contribution in [3.05, 3.63) is 0 Å². The number of nitrogens with zero attached hydrogens (tertiary/aromatic N) is 1. The number of amides is 1. The van der Waals surface area contributed by atoms with Crippen LogP contribution in [0.25, 0.3) is 0 Å². The monoisotopic (exact) mass is 325 g/mol. The summed E-state index contributed by atoms with van der Waals surface area (Å²) >= 11 is 0. The lowest BCUT2D eigenvalue weighted by molar-refractivity contribution is -0.164. The molecule has 0 spiro atoms. The fraction of sp³-hybridized carbons (Fsp3) is 0.889. The standard InChI is InChI=1S/C18H31NO4/c1-3-23-17(21)18(14-22-2)9-11-19(12-10-18)16(20)13-15-7-5-4-6-8-15/h15H,3-14H2,1-2H3. The number of likely N-dealkylation sites (tertiary alicyclic amines) is 1. The lowest BCUT2D eigenvalue weighted by atomic mass is 9.78. The zero-order valence-corrected chi connectivity index (χ0v) is 14.6. The van der Waals surface area contributed by atoms with Crippen LogP contribution >= 0.6 is 0 Å². The van der Waals surface area contributed by atoms with Crippen molar-refractivity contribution in [3.63, 3.8) is 0 Å². The Morgan fingerprint density at radius 1 is 1.13 bits per heavy atom. The first-order valence-corrected chi connectivity index (χ1v) is 9.05. The highest BCUT2D eigenvalue weighted by atomic mass is 16.5. The van der Waals surface area contributed by atoms with Crippen molar-refractivity contribution < 1.29 is 19.1 Å². The fourth-order valence-electron chi connectivity index (χ4n) is 3.92. The number of carbonyl (C=O) groups is 2. The highest BCUT2D eigenvalue weighted by molar-refractivity contribution is 5.79. The molecule has 0 N–H and O–H groups in total. The largest absolute Gasteiger partial charge is 0.465 e. The average molecular weight is 325 g/mol. The molecular formula is C18H31NO4. The van der Waals surface area contributed by atoms with E-state index in [1.165, 1.54) is 32.1 Å². The molecule has 132 valence electrons. The van der Waals surface area contributed by atoms with E-state index in [-0.39, 0.29) is 11.9 Å². The molecule has 0 aromatic rings. The number of hydrogen-bond donors (Lipinski definition) is 0. The second kappa shape index (κ2) is 8.67. The lowest BCUT2D eigenvalue weighted by Crippen LogP contribution is -2.49. The molecule has 0 unspecified atom stereocenters. The van der Waals surface area contributed by atoms with Gasteiger partial charge in [0.1, 0.15) is 0 Å². The van der Waals surface area contributed by atoms with Crippen LogP contribution in [-0.4, -0.2) is 50.2 Å². The van der Waals surface area contributed by atoms with E-state index in [0.717, 1.165) is 0 Å². The smallest absolute Gasteiger partial charge is 0.314 e. The molecule has 2 aliphatic rings. The van der Waals surface area contributed by atoms with E-state index in [0.29, 0.717) is 51.5 Å². The minimum absolute atomic E-state index is 0.179. The molecule has 0 aromatic carbocycles.